The predicted octanol–water partition coefficient (Wildman–Crippen LogP) is 3.71. The summed E-state index contributed by atoms with van der Waals surface area (Å²) in [6, 6.07) is 8.13. The number of primary amides is 1. The van der Waals surface area contributed by atoms with E-state index in [1.165, 1.54) is 32.1 Å². The van der Waals surface area contributed by atoms with E-state index in [4.69, 9.17) is 17.3 Å². The summed E-state index contributed by atoms with van der Waals surface area (Å²) >= 11 is 6.15. The van der Waals surface area contributed by atoms with Crippen LogP contribution in [0.4, 0.5) is 0 Å². The third-order valence-corrected chi connectivity index (χ3v) is 10.1. The SMILES string of the molecule is NC(=O)CNC1CCC(N[C@H](Cc2ccc(Cl)cc2)C(=O)N2CCC(Cn3cncn3)(C3CCCCC3)CC2)CC1. The molecule has 1 aromatic carbocycles. The molecule has 3 fully saturated rings. The van der Waals surface area contributed by atoms with Gasteiger partial charge in [0, 0.05) is 36.7 Å². The molecule has 2 saturated carbocycles. The van der Waals surface area contributed by atoms with Crippen LogP contribution in [0.3, 0.4) is 0 Å². The fourth-order valence-corrected chi connectivity index (χ4v) is 7.63. The molecule has 2 amide bonds. The Balaban J connectivity index is 1.25. The zero-order valence-electron chi connectivity index (χ0n) is 24.1. The van der Waals surface area contributed by atoms with Crippen molar-refractivity contribution in [2.24, 2.45) is 17.1 Å². The van der Waals surface area contributed by atoms with Crippen LogP contribution in [0.15, 0.2) is 36.9 Å². The van der Waals surface area contributed by atoms with Crippen LogP contribution in [0.1, 0.15) is 76.2 Å². The predicted molar refractivity (Wildman–Crippen MR) is 160 cm³/mol. The summed E-state index contributed by atoms with van der Waals surface area (Å²) in [5.41, 5.74) is 6.59. The van der Waals surface area contributed by atoms with Crippen LogP contribution >= 0.6 is 11.6 Å². The largest absolute Gasteiger partial charge is 0.369 e. The monoisotopic (exact) mass is 583 g/mol. The summed E-state index contributed by atoms with van der Waals surface area (Å²) in [4.78, 5) is 31.6. The molecule has 10 heteroatoms. The van der Waals surface area contributed by atoms with Crippen molar-refractivity contribution in [2.45, 2.75) is 102 Å². The van der Waals surface area contributed by atoms with Gasteiger partial charge < -0.3 is 21.3 Å². The van der Waals surface area contributed by atoms with Gasteiger partial charge in [0.25, 0.3) is 0 Å². The summed E-state index contributed by atoms with van der Waals surface area (Å²) in [7, 11) is 0. The number of benzene rings is 1. The van der Waals surface area contributed by atoms with Gasteiger partial charge in [-0.15, -0.1) is 0 Å². The van der Waals surface area contributed by atoms with Gasteiger partial charge in [-0.2, -0.15) is 5.10 Å². The van der Waals surface area contributed by atoms with Crippen LogP contribution in [0.25, 0.3) is 0 Å². The van der Waals surface area contributed by atoms with E-state index in [-0.39, 0.29) is 35.9 Å². The van der Waals surface area contributed by atoms with E-state index in [1.54, 1.807) is 6.33 Å². The second-order valence-corrected chi connectivity index (χ2v) is 13.0. The number of likely N-dealkylation sites (tertiary alicyclic amines) is 1. The fraction of sp³-hybridized carbons (Fsp3) is 0.677. The van der Waals surface area contributed by atoms with Gasteiger partial charge in [0.15, 0.2) is 0 Å². The minimum absolute atomic E-state index is 0.167. The lowest BCUT2D eigenvalue weighted by Gasteiger charge is -2.48. The lowest BCUT2D eigenvalue weighted by atomic mass is 9.63. The van der Waals surface area contributed by atoms with Gasteiger partial charge in [-0.25, -0.2) is 4.98 Å². The molecule has 2 aliphatic carbocycles. The Bertz CT molecular complexity index is 1100. The third kappa shape index (κ3) is 8.08. The Hall–Kier alpha value is -2.49. The second-order valence-electron chi connectivity index (χ2n) is 12.6. The number of amides is 2. The molecule has 0 bridgehead atoms. The summed E-state index contributed by atoms with van der Waals surface area (Å²) in [5, 5.41) is 12.2. The third-order valence-electron chi connectivity index (χ3n) is 9.87. The number of nitrogens with one attached hydrogen (secondary N) is 2. The smallest absolute Gasteiger partial charge is 0.240 e. The first-order valence-corrected chi connectivity index (χ1v) is 15.9. The van der Waals surface area contributed by atoms with Gasteiger partial charge in [0.2, 0.25) is 11.8 Å². The fourth-order valence-electron chi connectivity index (χ4n) is 7.51. The molecule has 9 nitrogen and oxygen atoms in total. The molecular weight excluding hydrogens is 538 g/mol. The molecule has 224 valence electrons. The van der Waals surface area contributed by atoms with Gasteiger partial charge >= 0.3 is 0 Å². The number of hydrogen-bond acceptors (Lipinski definition) is 6. The van der Waals surface area contributed by atoms with Crippen LogP contribution < -0.4 is 16.4 Å². The molecule has 5 rings (SSSR count). The summed E-state index contributed by atoms with van der Waals surface area (Å²) < 4.78 is 2.01. The molecule has 2 aromatic rings. The second kappa shape index (κ2) is 14.1. The minimum atomic E-state index is -0.325. The van der Waals surface area contributed by atoms with Gasteiger partial charge in [0.05, 0.1) is 12.6 Å². The maximum Gasteiger partial charge on any atom is 0.240 e. The van der Waals surface area contributed by atoms with E-state index in [1.807, 2.05) is 35.3 Å². The maximum absolute atomic E-state index is 14.1. The molecule has 1 aromatic heterocycles. The van der Waals surface area contributed by atoms with Gasteiger partial charge in [-0.3, -0.25) is 14.3 Å². The Labute approximate surface area is 249 Å². The van der Waals surface area contributed by atoms with Crippen molar-refractivity contribution < 1.29 is 9.59 Å². The number of carbonyl (C=O) groups excluding carboxylic acids is 2. The lowest BCUT2D eigenvalue weighted by Crippen LogP contribution is -2.56. The number of hydrogen-bond donors (Lipinski definition) is 3. The van der Waals surface area contributed by atoms with Crippen molar-refractivity contribution in [3.8, 4) is 0 Å². The van der Waals surface area contributed by atoms with Crippen LogP contribution in [0.5, 0.6) is 0 Å². The minimum Gasteiger partial charge on any atom is -0.369 e. The molecular formula is C31H46ClN7O2. The van der Waals surface area contributed by atoms with Crippen molar-refractivity contribution in [3.63, 3.8) is 0 Å². The molecule has 41 heavy (non-hydrogen) atoms. The zero-order valence-corrected chi connectivity index (χ0v) is 24.9. The van der Waals surface area contributed by atoms with Gasteiger partial charge in [0.1, 0.15) is 12.7 Å². The zero-order chi connectivity index (χ0) is 28.7. The van der Waals surface area contributed by atoms with E-state index < -0.39 is 0 Å². The number of nitrogens with zero attached hydrogens (tertiary/aromatic N) is 4. The highest BCUT2D eigenvalue weighted by Gasteiger charge is 2.44. The van der Waals surface area contributed by atoms with Gasteiger partial charge in [-0.1, -0.05) is 43.0 Å². The number of rotatable bonds is 11. The topological polar surface area (TPSA) is 118 Å². The number of carbonyl (C=O) groups is 2. The molecule has 1 aliphatic heterocycles. The number of nitrogens with two attached hydrogens (primary N) is 1. The van der Waals surface area contributed by atoms with Crippen LogP contribution in [-0.2, 0) is 22.6 Å². The molecule has 2 heterocycles. The van der Waals surface area contributed by atoms with E-state index in [9.17, 15) is 9.59 Å². The molecule has 3 aliphatic rings. The van der Waals surface area contributed by atoms with E-state index in [0.29, 0.717) is 23.4 Å². The summed E-state index contributed by atoms with van der Waals surface area (Å²) in [5.74, 6) is 0.556. The first kappa shape index (κ1) is 30.0. The van der Waals surface area contributed by atoms with Crippen molar-refractivity contribution >= 4 is 23.4 Å². The Morgan fingerprint density at radius 3 is 2.32 bits per heavy atom. The maximum atomic E-state index is 14.1. The van der Waals surface area contributed by atoms with Crippen molar-refractivity contribution in [3.05, 3.63) is 47.5 Å². The molecule has 0 unspecified atom stereocenters. The number of aromatic nitrogens is 3. The molecule has 1 saturated heterocycles. The highest BCUT2D eigenvalue weighted by atomic mass is 35.5. The molecule has 0 spiro atoms. The first-order valence-electron chi connectivity index (χ1n) is 15.5. The van der Waals surface area contributed by atoms with Crippen LogP contribution in [-0.4, -0.2) is 69.2 Å². The quantitative estimate of drug-likeness (QED) is 0.371. The van der Waals surface area contributed by atoms with Crippen LogP contribution in [0.2, 0.25) is 5.02 Å². The van der Waals surface area contributed by atoms with Crippen molar-refractivity contribution in [1.82, 2.24) is 30.3 Å². The van der Waals surface area contributed by atoms with Crippen molar-refractivity contribution in [2.75, 3.05) is 19.6 Å². The Morgan fingerprint density at radius 1 is 1.00 bits per heavy atom. The highest BCUT2D eigenvalue weighted by Crippen LogP contribution is 2.47. The van der Waals surface area contributed by atoms with Crippen LogP contribution in [0, 0.1) is 11.3 Å². The average Bonchev–Trinajstić information content (AvgIpc) is 3.51. The Kier molecular flexibility index (Phi) is 10.3. The van der Waals surface area contributed by atoms with E-state index in [2.05, 4.69) is 25.6 Å². The van der Waals surface area contributed by atoms with E-state index >= 15 is 0 Å². The number of piperidine rings is 1. The van der Waals surface area contributed by atoms with Gasteiger partial charge in [-0.05, 0) is 86.8 Å². The first-order chi connectivity index (χ1) is 19.9. The normalized spacial score (nSPS) is 24.2. The van der Waals surface area contributed by atoms with E-state index in [0.717, 1.165) is 63.7 Å². The molecule has 1 atom stereocenters. The average molecular weight is 584 g/mol. The molecule has 4 N–H and O–H groups in total. The highest BCUT2D eigenvalue weighted by molar-refractivity contribution is 6.30. The lowest BCUT2D eigenvalue weighted by molar-refractivity contribution is -0.137. The Morgan fingerprint density at radius 2 is 1.68 bits per heavy atom. The van der Waals surface area contributed by atoms with Crippen molar-refractivity contribution in [1.29, 1.82) is 0 Å². The summed E-state index contributed by atoms with van der Waals surface area (Å²) in [6.07, 6.45) is 16.5. The number of halogens is 1. The summed E-state index contributed by atoms with van der Waals surface area (Å²) in [6.45, 7) is 2.67. The molecule has 0 radical (unpaired) electrons. The standard InChI is InChI=1S/C31H46ClN7O2/c32-25-8-6-23(7-9-25)18-28(37-27-12-10-26(11-13-27)35-19-29(33)40)30(41)38-16-14-31(15-17-38,20-39-22-34-21-36-39)24-4-2-1-3-5-24/h6-9,21-22,24,26-28,35,37H,1-5,10-20H2,(H2,33,40)/t26?,27?,28-/m1/s1.